The van der Waals surface area contributed by atoms with E-state index in [1.807, 2.05) is 13.8 Å². The molecule has 0 heterocycles. The molecule has 0 aliphatic carbocycles. The smallest absolute Gasteiger partial charge is 0.157 e. The van der Waals surface area contributed by atoms with Gasteiger partial charge in [-0.25, -0.2) is 0 Å². The Morgan fingerprint density at radius 3 is 1.67 bits per heavy atom. The van der Waals surface area contributed by atoms with Crippen LogP contribution in [0.15, 0.2) is 24.3 Å². The monoisotopic (exact) mass is 338 g/mol. The summed E-state index contributed by atoms with van der Waals surface area (Å²) >= 11 is 0. The number of hydrogen-bond acceptors (Lipinski definition) is 2. The van der Waals surface area contributed by atoms with E-state index in [0.717, 1.165) is 19.6 Å². The first-order chi connectivity index (χ1) is 11.8. The summed E-state index contributed by atoms with van der Waals surface area (Å²) in [5.74, 6) is 0. The Hall–Kier alpha value is -0.600. The highest BCUT2D eigenvalue weighted by molar-refractivity contribution is 5.02. The molecule has 0 unspecified atom stereocenters. The number of hydrogen-bond donors (Lipinski definition) is 0. The molecule has 2 heteroatoms. The molecule has 0 aromatic rings. The van der Waals surface area contributed by atoms with E-state index in [2.05, 4.69) is 31.2 Å². The second-order valence-corrected chi connectivity index (χ2v) is 6.39. The van der Waals surface area contributed by atoms with Gasteiger partial charge in [-0.1, -0.05) is 69.8 Å². The van der Waals surface area contributed by atoms with Gasteiger partial charge in [-0.15, -0.1) is 0 Å². The molecule has 0 radical (unpaired) electrons. The Morgan fingerprint density at radius 1 is 0.625 bits per heavy atom. The van der Waals surface area contributed by atoms with Gasteiger partial charge in [-0.2, -0.15) is 0 Å². The summed E-state index contributed by atoms with van der Waals surface area (Å²) in [7, 11) is 0. The van der Waals surface area contributed by atoms with Gasteiger partial charge < -0.3 is 9.47 Å². The standard InChI is InChI=1S/C22H42O2/c1-4-7-8-9-10-11-12-13-14-15-16-17-18-19-20-21-22(23-5-2)24-6-3/h11-14,22H,4-10,15-21H2,1-3H3. The molecule has 0 N–H and O–H groups in total. The Labute approximate surface area is 151 Å². The number of unbranched alkanes of at least 4 members (excludes halogenated alkanes) is 9. The Morgan fingerprint density at radius 2 is 1.12 bits per heavy atom. The van der Waals surface area contributed by atoms with E-state index in [1.54, 1.807) is 0 Å². The molecule has 0 saturated carbocycles. The SMILES string of the molecule is CCCCCCC=CC=CCCCCCCCC(OCC)OCC. The molecule has 0 amide bonds. The van der Waals surface area contributed by atoms with Crippen LogP contribution in [0.5, 0.6) is 0 Å². The van der Waals surface area contributed by atoms with Gasteiger partial charge in [0.2, 0.25) is 0 Å². The second-order valence-electron chi connectivity index (χ2n) is 6.39. The van der Waals surface area contributed by atoms with E-state index in [1.165, 1.54) is 70.6 Å². The lowest BCUT2D eigenvalue weighted by Crippen LogP contribution is -2.17. The Kier molecular flexibility index (Phi) is 19.9. The van der Waals surface area contributed by atoms with Crippen molar-refractivity contribution in [2.24, 2.45) is 0 Å². The highest BCUT2D eigenvalue weighted by atomic mass is 16.7. The summed E-state index contributed by atoms with van der Waals surface area (Å²) in [5.41, 5.74) is 0. The summed E-state index contributed by atoms with van der Waals surface area (Å²) in [6.45, 7) is 7.80. The molecule has 142 valence electrons. The molecule has 24 heavy (non-hydrogen) atoms. The highest BCUT2D eigenvalue weighted by Crippen LogP contribution is 2.11. The molecule has 0 aromatic carbocycles. The molecular formula is C22H42O2. The minimum atomic E-state index is 0.0108. The van der Waals surface area contributed by atoms with E-state index in [0.29, 0.717) is 0 Å². The van der Waals surface area contributed by atoms with E-state index in [9.17, 15) is 0 Å². The maximum absolute atomic E-state index is 5.56. The summed E-state index contributed by atoms with van der Waals surface area (Å²) < 4.78 is 11.1. The summed E-state index contributed by atoms with van der Waals surface area (Å²) in [6.07, 6.45) is 24.4. The van der Waals surface area contributed by atoms with Crippen molar-refractivity contribution in [2.75, 3.05) is 13.2 Å². The van der Waals surface area contributed by atoms with Crippen molar-refractivity contribution in [3.8, 4) is 0 Å². The number of ether oxygens (including phenoxy) is 2. The van der Waals surface area contributed by atoms with Crippen molar-refractivity contribution in [2.45, 2.75) is 104 Å². The fraction of sp³-hybridized carbons (Fsp3) is 0.818. The summed E-state index contributed by atoms with van der Waals surface area (Å²) in [4.78, 5) is 0. The molecule has 0 spiro atoms. The zero-order chi connectivity index (χ0) is 17.7. The van der Waals surface area contributed by atoms with E-state index < -0.39 is 0 Å². The predicted molar refractivity (Wildman–Crippen MR) is 106 cm³/mol. The molecule has 0 fully saturated rings. The van der Waals surface area contributed by atoms with Crippen molar-refractivity contribution >= 4 is 0 Å². The van der Waals surface area contributed by atoms with Crippen LogP contribution >= 0.6 is 0 Å². The van der Waals surface area contributed by atoms with Gasteiger partial charge in [0.25, 0.3) is 0 Å². The lowest BCUT2D eigenvalue weighted by atomic mass is 10.1. The quantitative estimate of drug-likeness (QED) is 0.149. The highest BCUT2D eigenvalue weighted by Gasteiger charge is 2.06. The van der Waals surface area contributed by atoms with Crippen molar-refractivity contribution in [3.05, 3.63) is 24.3 Å². The van der Waals surface area contributed by atoms with Crippen LogP contribution in [0.2, 0.25) is 0 Å². The minimum Gasteiger partial charge on any atom is -0.353 e. The first-order valence-corrected chi connectivity index (χ1v) is 10.4. The largest absolute Gasteiger partial charge is 0.353 e. The third-order valence-corrected chi connectivity index (χ3v) is 4.12. The lowest BCUT2D eigenvalue weighted by Gasteiger charge is -2.16. The average molecular weight is 339 g/mol. The van der Waals surface area contributed by atoms with Gasteiger partial charge in [0.05, 0.1) is 0 Å². The second kappa shape index (κ2) is 20.4. The fourth-order valence-electron chi connectivity index (χ4n) is 2.73. The van der Waals surface area contributed by atoms with Gasteiger partial charge in [0.1, 0.15) is 0 Å². The van der Waals surface area contributed by atoms with Crippen molar-refractivity contribution in [1.82, 2.24) is 0 Å². The third kappa shape index (κ3) is 17.7. The van der Waals surface area contributed by atoms with E-state index >= 15 is 0 Å². The summed E-state index contributed by atoms with van der Waals surface area (Å²) in [6, 6.07) is 0. The van der Waals surface area contributed by atoms with Crippen molar-refractivity contribution < 1.29 is 9.47 Å². The van der Waals surface area contributed by atoms with E-state index in [4.69, 9.17) is 9.47 Å². The molecule has 0 saturated heterocycles. The molecular weight excluding hydrogens is 296 g/mol. The molecule has 0 bridgehead atoms. The maximum Gasteiger partial charge on any atom is 0.157 e. The molecule has 0 aromatic heterocycles. The topological polar surface area (TPSA) is 18.5 Å². The Balaban J connectivity index is 3.34. The third-order valence-electron chi connectivity index (χ3n) is 4.12. The average Bonchev–Trinajstić information content (AvgIpc) is 2.58. The molecule has 0 rings (SSSR count). The summed E-state index contributed by atoms with van der Waals surface area (Å²) in [5, 5.41) is 0. The van der Waals surface area contributed by atoms with Crippen LogP contribution in [-0.4, -0.2) is 19.5 Å². The zero-order valence-electron chi connectivity index (χ0n) is 16.6. The van der Waals surface area contributed by atoms with E-state index in [-0.39, 0.29) is 6.29 Å². The van der Waals surface area contributed by atoms with Gasteiger partial charge in [0, 0.05) is 13.2 Å². The molecule has 0 aliphatic rings. The molecule has 0 aliphatic heterocycles. The minimum absolute atomic E-state index is 0.0108. The van der Waals surface area contributed by atoms with Crippen LogP contribution in [0.3, 0.4) is 0 Å². The van der Waals surface area contributed by atoms with Crippen LogP contribution in [-0.2, 0) is 9.47 Å². The van der Waals surface area contributed by atoms with Gasteiger partial charge in [-0.3, -0.25) is 0 Å². The van der Waals surface area contributed by atoms with Crippen LogP contribution in [0.25, 0.3) is 0 Å². The molecule has 0 atom stereocenters. The lowest BCUT2D eigenvalue weighted by molar-refractivity contribution is -0.140. The van der Waals surface area contributed by atoms with Gasteiger partial charge in [0.15, 0.2) is 6.29 Å². The first kappa shape index (κ1) is 23.4. The van der Waals surface area contributed by atoms with Crippen molar-refractivity contribution in [1.29, 1.82) is 0 Å². The first-order valence-electron chi connectivity index (χ1n) is 10.4. The van der Waals surface area contributed by atoms with Gasteiger partial charge >= 0.3 is 0 Å². The van der Waals surface area contributed by atoms with Crippen LogP contribution in [0.4, 0.5) is 0 Å². The number of rotatable bonds is 18. The van der Waals surface area contributed by atoms with Crippen LogP contribution < -0.4 is 0 Å². The predicted octanol–water partition coefficient (Wildman–Crippen LogP) is 7.20. The number of allylic oxidation sites excluding steroid dienone is 4. The fourth-order valence-corrected chi connectivity index (χ4v) is 2.73. The normalized spacial score (nSPS) is 12.2. The van der Waals surface area contributed by atoms with Crippen LogP contribution in [0, 0.1) is 0 Å². The van der Waals surface area contributed by atoms with Crippen molar-refractivity contribution in [3.63, 3.8) is 0 Å². The van der Waals surface area contributed by atoms with Crippen LogP contribution in [0.1, 0.15) is 97.8 Å². The van der Waals surface area contributed by atoms with Gasteiger partial charge in [-0.05, 0) is 52.4 Å². The Bertz CT molecular complexity index is 278. The zero-order valence-corrected chi connectivity index (χ0v) is 16.6. The maximum atomic E-state index is 5.56. The molecule has 2 nitrogen and oxygen atoms in total.